The lowest BCUT2D eigenvalue weighted by Gasteiger charge is -2.26. The summed E-state index contributed by atoms with van der Waals surface area (Å²) in [6, 6.07) is 68.0. The van der Waals surface area contributed by atoms with Crippen LogP contribution < -0.4 is 4.90 Å². The summed E-state index contributed by atoms with van der Waals surface area (Å²) in [7, 11) is 0. The Balaban J connectivity index is 1.09. The van der Waals surface area contributed by atoms with E-state index in [4.69, 9.17) is 0 Å². The highest BCUT2D eigenvalue weighted by atomic mass is 32.1. The van der Waals surface area contributed by atoms with Gasteiger partial charge in [0.05, 0.1) is 0 Å². The molecular formula is C46H31NS. The molecule has 0 spiro atoms. The number of rotatable bonds is 6. The second kappa shape index (κ2) is 12.0. The molecule has 0 atom stereocenters. The average molecular weight is 630 g/mol. The van der Waals surface area contributed by atoms with Crippen molar-refractivity contribution >= 4 is 59.3 Å². The number of fused-ring (bicyclic) bond motifs is 5. The molecule has 0 aliphatic carbocycles. The summed E-state index contributed by atoms with van der Waals surface area (Å²) in [4.78, 5) is 2.34. The monoisotopic (exact) mass is 629 g/mol. The quantitative estimate of drug-likeness (QED) is 0.177. The Morgan fingerprint density at radius 3 is 1.62 bits per heavy atom. The number of benzene rings is 8. The third-order valence-corrected chi connectivity index (χ3v) is 10.5. The fourth-order valence-corrected chi connectivity index (χ4v) is 8.15. The molecule has 2 heteroatoms. The molecule has 8 aromatic carbocycles. The molecule has 1 nitrogen and oxygen atoms in total. The van der Waals surface area contributed by atoms with Crippen LogP contribution >= 0.6 is 11.3 Å². The van der Waals surface area contributed by atoms with Crippen molar-refractivity contribution < 1.29 is 0 Å². The third-order valence-electron chi connectivity index (χ3n) is 9.28. The highest BCUT2D eigenvalue weighted by Crippen LogP contribution is 2.42. The van der Waals surface area contributed by atoms with Gasteiger partial charge in [-0.1, -0.05) is 146 Å². The van der Waals surface area contributed by atoms with Crippen molar-refractivity contribution in [3.63, 3.8) is 0 Å². The first-order valence-electron chi connectivity index (χ1n) is 16.3. The van der Waals surface area contributed by atoms with Crippen molar-refractivity contribution in [1.82, 2.24) is 0 Å². The highest BCUT2D eigenvalue weighted by molar-refractivity contribution is 7.26. The molecule has 0 saturated carbocycles. The van der Waals surface area contributed by atoms with Crippen LogP contribution in [0.3, 0.4) is 0 Å². The van der Waals surface area contributed by atoms with Crippen LogP contribution in [0.15, 0.2) is 188 Å². The molecule has 1 heterocycles. The number of anilines is 3. The third kappa shape index (κ3) is 5.04. The van der Waals surface area contributed by atoms with E-state index in [0.29, 0.717) is 0 Å². The summed E-state index contributed by atoms with van der Waals surface area (Å²) < 4.78 is 2.70. The van der Waals surface area contributed by atoms with Crippen molar-refractivity contribution in [2.24, 2.45) is 0 Å². The predicted octanol–water partition coefficient (Wildman–Crippen LogP) is 13.7. The molecule has 9 aromatic rings. The van der Waals surface area contributed by atoms with E-state index in [1.165, 1.54) is 64.3 Å². The number of hydrogen-bond acceptors (Lipinski definition) is 2. The van der Waals surface area contributed by atoms with E-state index < -0.39 is 0 Å². The maximum atomic E-state index is 2.34. The molecule has 0 saturated heterocycles. The first-order valence-corrected chi connectivity index (χ1v) is 17.2. The Morgan fingerprint density at radius 2 is 0.833 bits per heavy atom. The van der Waals surface area contributed by atoms with Crippen molar-refractivity contribution in [2.45, 2.75) is 0 Å². The van der Waals surface area contributed by atoms with Gasteiger partial charge in [0.25, 0.3) is 0 Å². The van der Waals surface area contributed by atoms with Crippen molar-refractivity contribution in [3.05, 3.63) is 188 Å². The van der Waals surface area contributed by atoms with Crippen LogP contribution in [-0.2, 0) is 0 Å². The van der Waals surface area contributed by atoms with Crippen LogP contribution in [0.1, 0.15) is 0 Å². The molecule has 0 N–H and O–H groups in total. The summed E-state index contributed by atoms with van der Waals surface area (Å²) in [6.45, 7) is 0. The van der Waals surface area contributed by atoms with Crippen LogP contribution in [0.5, 0.6) is 0 Å². The lowest BCUT2D eigenvalue weighted by molar-refractivity contribution is 1.28. The van der Waals surface area contributed by atoms with E-state index in [1.807, 2.05) is 11.3 Å². The fraction of sp³-hybridized carbons (Fsp3) is 0. The fourth-order valence-electron chi connectivity index (χ4n) is 6.92. The van der Waals surface area contributed by atoms with E-state index >= 15 is 0 Å². The molecule has 0 fully saturated rings. The maximum Gasteiger partial charge on any atom is 0.0467 e. The summed E-state index contributed by atoms with van der Waals surface area (Å²) in [5.41, 5.74) is 10.7. The summed E-state index contributed by atoms with van der Waals surface area (Å²) >= 11 is 1.89. The zero-order valence-corrected chi connectivity index (χ0v) is 27.1. The van der Waals surface area contributed by atoms with Crippen LogP contribution in [0.2, 0.25) is 0 Å². The van der Waals surface area contributed by atoms with Gasteiger partial charge in [0, 0.05) is 42.6 Å². The number of thiophene rings is 1. The van der Waals surface area contributed by atoms with Gasteiger partial charge in [0.1, 0.15) is 0 Å². The van der Waals surface area contributed by atoms with Gasteiger partial charge in [-0.05, 0) is 81.2 Å². The minimum Gasteiger partial charge on any atom is -0.310 e. The minimum atomic E-state index is 1.12. The molecule has 0 radical (unpaired) electrons. The Kier molecular flexibility index (Phi) is 7.07. The first-order chi connectivity index (χ1) is 23.8. The van der Waals surface area contributed by atoms with Gasteiger partial charge in [-0.25, -0.2) is 0 Å². The Morgan fingerprint density at radius 1 is 0.312 bits per heavy atom. The van der Waals surface area contributed by atoms with Gasteiger partial charge in [-0.3, -0.25) is 0 Å². The van der Waals surface area contributed by atoms with Gasteiger partial charge >= 0.3 is 0 Å². The molecule has 226 valence electrons. The summed E-state index contributed by atoms with van der Waals surface area (Å²) in [6.07, 6.45) is 0. The van der Waals surface area contributed by atoms with E-state index in [2.05, 4.69) is 193 Å². The smallest absolute Gasteiger partial charge is 0.0467 e. The maximum absolute atomic E-state index is 2.34. The molecule has 1 aromatic heterocycles. The van der Waals surface area contributed by atoms with Crippen molar-refractivity contribution in [3.8, 4) is 33.4 Å². The highest BCUT2D eigenvalue weighted by Gasteiger charge is 2.15. The van der Waals surface area contributed by atoms with E-state index in [-0.39, 0.29) is 0 Å². The van der Waals surface area contributed by atoms with Gasteiger partial charge < -0.3 is 4.90 Å². The Hall–Kier alpha value is -5.96. The molecule has 0 aliphatic rings. The minimum absolute atomic E-state index is 1.12. The van der Waals surface area contributed by atoms with Crippen LogP contribution in [-0.4, -0.2) is 0 Å². The van der Waals surface area contributed by atoms with Crippen molar-refractivity contribution in [2.75, 3.05) is 4.90 Å². The molecular weight excluding hydrogens is 599 g/mol. The number of para-hydroxylation sites is 1. The lowest BCUT2D eigenvalue weighted by atomic mass is 9.96. The molecule has 0 aliphatic heterocycles. The van der Waals surface area contributed by atoms with E-state index in [9.17, 15) is 0 Å². The SMILES string of the molecule is c1ccc(-c2ccc(-c3cccc(N(c4ccccc4)c4ccc(-c5cccc6c5ccc5c7ccccc7sc65)cc4)c3)cc2)cc1. The topological polar surface area (TPSA) is 3.24 Å². The number of hydrogen-bond donors (Lipinski definition) is 0. The zero-order chi connectivity index (χ0) is 31.9. The van der Waals surface area contributed by atoms with Gasteiger partial charge in [0.2, 0.25) is 0 Å². The summed E-state index contributed by atoms with van der Waals surface area (Å²) in [5, 5.41) is 5.27. The second-order valence-corrected chi connectivity index (χ2v) is 13.2. The zero-order valence-electron chi connectivity index (χ0n) is 26.3. The predicted molar refractivity (Wildman–Crippen MR) is 208 cm³/mol. The lowest BCUT2D eigenvalue weighted by Crippen LogP contribution is -2.09. The van der Waals surface area contributed by atoms with Crippen LogP contribution in [0.25, 0.3) is 64.3 Å². The van der Waals surface area contributed by atoms with Crippen LogP contribution in [0.4, 0.5) is 17.1 Å². The average Bonchev–Trinajstić information content (AvgIpc) is 3.55. The van der Waals surface area contributed by atoms with E-state index in [0.717, 1.165) is 17.1 Å². The molecule has 0 unspecified atom stereocenters. The van der Waals surface area contributed by atoms with E-state index in [1.54, 1.807) is 0 Å². The normalized spacial score (nSPS) is 11.3. The Labute approximate surface area is 284 Å². The summed E-state index contributed by atoms with van der Waals surface area (Å²) in [5.74, 6) is 0. The standard InChI is InChI=1S/C46H31NS/c1-3-11-32(12-4-1)33-21-23-34(24-22-33)36-13-9-16-39(31-36)47(37-14-5-2-6-15-37)38-27-25-35(26-28-38)40-18-10-19-43-41(40)29-30-44-42-17-7-8-20-45(42)48-46(43)44/h1-31H. The second-order valence-electron chi connectivity index (χ2n) is 12.2. The molecule has 0 bridgehead atoms. The van der Waals surface area contributed by atoms with Crippen molar-refractivity contribution in [1.29, 1.82) is 0 Å². The van der Waals surface area contributed by atoms with Gasteiger partial charge in [-0.15, -0.1) is 11.3 Å². The van der Waals surface area contributed by atoms with Crippen LogP contribution in [0, 0.1) is 0 Å². The Bertz CT molecular complexity index is 2530. The molecule has 48 heavy (non-hydrogen) atoms. The first kappa shape index (κ1) is 28.3. The number of nitrogens with zero attached hydrogens (tertiary/aromatic N) is 1. The van der Waals surface area contributed by atoms with Gasteiger partial charge in [-0.2, -0.15) is 0 Å². The molecule has 0 amide bonds. The van der Waals surface area contributed by atoms with Gasteiger partial charge in [0.15, 0.2) is 0 Å². The molecule has 9 rings (SSSR count). The largest absolute Gasteiger partial charge is 0.310 e.